The summed E-state index contributed by atoms with van der Waals surface area (Å²) in [7, 11) is 0. The van der Waals surface area contributed by atoms with Crippen LogP contribution in [0.3, 0.4) is 0 Å². The van der Waals surface area contributed by atoms with Gasteiger partial charge in [-0.15, -0.1) is 0 Å². The van der Waals surface area contributed by atoms with E-state index in [9.17, 15) is 9.18 Å². The quantitative estimate of drug-likeness (QED) is 0.839. The molecular weight excluding hydrogens is 233 g/mol. The Hall–Kier alpha value is -1.42. The zero-order valence-electron chi connectivity index (χ0n) is 11.2. The van der Waals surface area contributed by atoms with Gasteiger partial charge in [-0.05, 0) is 44.0 Å². The minimum Gasteiger partial charge on any atom is -0.461 e. The summed E-state index contributed by atoms with van der Waals surface area (Å²) < 4.78 is 18.3. The summed E-state index contributed by atoms with van der Waals surface area (Å²) in [6.07, 6.45) is -0.298. The van der Waals surface area contributed by atoms with E-state index in [-0.39, 0.29) is 17.8 Å². The Morgan fingerprint density at radius 3 is 2.44 bits per heavy atom. The van der Waals surface area contributed by atoms with Crippen LogP contribution in [-0.2, 0) is 9.53 Å². The van der Waals surface area contributed by atoms with Crippen LogP contribution < -0.4 is 5.73 Å². The van der Waals surface area contributed by atoms with E-state index in [1.54, 1.807) is 13.0 Å². The third-order valence-electron chi connectivity index (χ3n) is 3.10. The highest BCUT2D eigenvalue weighted by Crippen LogP contribution is 2.25. The standard InChI is InChI=1S/C14H20FNO2/c1-8-7-12(15)5-6-13(8)9(2)11(4)18-14(17)10(3)16/h5-7,9-11H,16H2,1-4H3/t9-,10+,11-/m0/s1. The topological polar surface area (TPSA) is 52.3 Å². The molecule has 4 heteroatoms. The van der Waals surface area contributed by atoms with E-state index >= 15 is 0 Å². The van der Waals surface area contributed by atoms with E-state index in [1.165, 1.54) is 12.1 Å². The van der Waals surface area contributed by atoms with Crippen molar-refractivity contribution in [2.45, 2.75) is 45.8 Å². The molecule has 2 N–H and O–H groups in total. The van der Waals surface area contributed by atoms with Crippen LogP contribution in [-0.4, -0.2) is 18.1 Å². The number of benzene rings is 1. The minimum absolute atomic E-state index is 0.00620. The molecule has 0 saturated carbocycles. The van der Waals surface area contributed by atoms with Gasteiger partial charge < -0.3 is 10.5 Å². The summed E-state index contributed by atoms with van der Waals surface area (Å²) in [6, 6.07) is 3.99. The molecule has 0 radical (unpaired) electrons. The third kappa shape index (κ3) is 3.53. The number of ether oxygens (including phenoxy) is 1. The van der Waals surface area contributed by atoms with Crippen molar-refractivity contribution >= 4 is 5.97 Å². The normalized spacial score (nSPS) is 15.9. The molecule has 0 heterocycles. The second kappa shape index (κ2) is 5.96. The third-order valence-corrected chi connectivity index (χ3v) is 3.10. The van der Waals surface area contributed by atoms with Crippen molar-refractivity contribution in [2.24, 2.45) is 5.73 Å². The van der Waals surface area contributed by atoms with Crippen LogP contribution in [0, 0.1) is 12.7 Å². The number of halogens is 1. The SMILES string of the molecule is Cc1cc(F)ccc1[C@@H](C)[C@H](C)OC(=O)[C@@H](C)N. The summed E-state index contributed by atoms with van der Waals surface area (Å²) in [6.45, 7) is 7.19. The summed E-state index contributed by atoms with van der Waals surface area (Å²) in [5.74, 6) is -0.689. The molecule has 0 amide bonds. The van der Waals surface area contributed by atoms with Crippen molar-refractivity contribution in [3.05, 3.63) is 35.1 Å². The van der Waals surface area contributed by atoms with E-state index in [2.05, 4.69) is 0 Å². The molecule has 0 aliphatic heterocycles. The lowest BCUT2D eigenvalue weighted by atomic mass is 9.92. The van der Waals surface area contributed by atoms with Gasteiger partial charge in [0.2, 0.25) is 0 Å². The maximum Gasteiger partial charge on any atom is 0.322 e. The molecule has 3 nitrogen and oxygen atoms in total. The monoisotopic (exact) mass is 253 g/mol. The second-order valence-electron chi connectivity index (χ2n) is 4.72. The number of carbonyl (C=O) groups is 1. The summed E-state index contributed by atoms with van der Waals surface area (Å²) in [5.41, 5.74) is 7.28. The number of hydrogen-bond donors (Lipinski definition) is 1. The van der Waals surface area contributed by atoms with E-state index in [0.717, 1.165) is 11.1 Å². The molecular formula is C14H20FNO2. The maximum atomic E-state index is 13.0. The molecule has 3 atom stereocenters. The molecule has 0 spiro atoms. The van der Waals surface area contributed by atoms with Crippen molar-refractivity contribution in [3.8, 4) is 0 Å². The molecule has 1 aromatic carbocycles. The first kappa shape index (κ1) is 14.6. The van der Waals surface area contributed by atoms with Gasteiger partial charge in [0, 0.05) is 5.92 Å². The molecule has 0 fully saturated rings. The molecule has 1 aromatic rings. The molecule has 1 rings (SSSR count). The Morgan fingerprint density at radius 1 is 1.33 bits per heavy atom. The van der Waals surface area contributed by atoms with Gasteiger partial charge in [0.1, 0.15) is 18.0 Å². The van der Waals surface area contributed by atoms with Crippen LogP contribution >= 0.6 is 0 Å². The molecule has 0 saturated heterocycles. The fourth-order valence-corrected chi connectivity index (χ4v) is 1.80. The number of nitrogens with two attached hydrogens (primary N) is 1. The largest absolute Gasteiger partial charge is 0.461 e. The van der Waals surface area contributed by atoms with E-state index in [0.29, 0.717) is 0 Å². The van der Waals surface area contributed by atoms with Gasteiger partial charge in [-0.3, -0.25) is 4.79 Å². The van der Waals surface area contributed by atoms with Crippen LogP contribution in [0.2, 0.25) is 0 Å². The summed E-state index contributed by atoms with van der Waals surface area (Å²) in [5, 5.41) is 0. The molecule has 0 bridgehead atoms. The average Bonchev–Trinajstić information content (AvgIpc) is 2.27. The molecule has 0 unspecified atom stereocenters. The first-order valence-electron chi connectivity index (χ1n) is 6.05. The summed E-state index contributed by atoms with van der Waals surface area (Å²) in [4.78, 5) is 11.4. The van der Waals surface area contributed by atoms with E-state index in [4.69, 9.17) is 10.5 Å². The van der Waals surface area contributed by atoms with Crippen LogP contribution in [0.5, 0.6) is 0 Å². The van der Waals surface area contributed by atoms with E-state index < -0.39 is 12.0 Å². The number of aryl methyl sites for hydroxylation is 1. The fourth-order valence-electron chi connectivity index (χ4n) is 1.80. The van der Waals surface area contributed by atoms with Gasteiger partial charge in [0.05, 0.1) is 0 Å². The molecule has 18 heavy (non-hydrogen) atoms. The highest BCUT2D eigenvalue weighted by Gasteiger charge is 2.21. The van der Waals surface area contributed by atoms with Gasteiger partial charge in [0.25, 0.3) is 0 Å². The van der Waals surface area contributed by atoms with Crippen LogP contribution in [0.1, 0.15) is 37.8 Å². The van der Waals surface area contributed by atoms with E-state index in [1.807, 2.05) is 20.8 Å². The molecule has 100 valence electrons. The van der Waals surface area contributed by atoms with Crippen molar-refractivity contribution in [1.82, 2.24) is 0 Å². The lowest BCUT2D eigenvalue weighted by Crippen LogP contribution is -2.33. The van der Waals surface area contributed by atoms with Crippen LogP contribution in [0.15, 0.2) is 18.2 Å². The predicted octanol–water partition coefficient (Wildman–Crippen LogP) is 2.52. The smallest absolute Gasteiger partial charge is 0.322 e. The number of esters is 1. The summed E-state index contributed by atoms with van der Waals surface area (Å²) >= 11 is 0. The van der Waals surface area contributed by atoms with Gasteiger partial charge >= 0.3 is 5.97 Å². The Balaban J connectivity index is 2.80. The fraction of sp³-hybridized carbons (Fsp3) is 0.500. The van der Waals surface area contributed by atoms with Crippen molar-refractivity contribution in [3.63, 3.8) is 0 Å². The van der Waals surface area contributed by atoms with Gasteiger partial charge in [0.15, 0.2) is 0 Å². The first-order valence-corrected chi connectivity index (χ1v) is 6.05. The van der Waals surface area contributed by atoms with Crippen LogP contribution in [0.4, 0.5) is 4.39 Å². The van der Waals surface area contributed by atoms with Gasteiger partial charge in [-0.25, -0.2) is 4.39 Å². The lowest BCUT2D eigenvalue weighted by Gasteiger charge is -2.23. The Bertz CT molecular complexity index is 432. The second-order valence-corrected chi connectivity index (χ2v) is 4.72. The highest BCUT2D eigenvalue weighted by atomic mass is 19.1. The maximum absolute atomic E-state index is 13.0. The van der Waals surface area contributed by atoms with Gasteiger partial charge in [-0.1, -0.05) is 13.0 Å². The first-order chi connectivity index (χ1) is 8.32. The zero-order valence-corrected chi connectivity index (χ0v) is 11.2. The van der Waals surface area contributed by atoms with Crippen molar-refractivity contribution in [2.75, 3.05) is 0 Å². The average molecular weight is 253 g/mol. The van der Waals surface area contributed by atoms with Crippen LogP contribution in [0.25, 0.3) is 0 Å². The molecule has 0 aromatic heterocycles. The lowest BCUT2D eigenvalue weighted by molar-refractivity contribution is -0.150. The Kier molecular flexibility index (Phi) is 4.84. The number of carbonyl (C=O) groups excluding carboxylic acids is 1. The van der Waals surface area contributed by atoms with Gasteiger partial charge in [-0.2, -0.15) is 0 Å². The number of hydrogen-bond acceptors (Lipinski definition) is 3. The predicted molar refractivity (Wildman–Crippen MR) is 68.8 cm³/mol. The Labute approximate surface area is 107 Å². The van der Waals surface area contributed by atoms with Crippen molar-refractivity contribution < 1.29 is 13.9 Å². The molecule has 0 aliphatic rings. The van der Waals surface area contributed by atoms with Crippen molar-refractivity contribution in [1.29, 1.82) is 0 Å². The highest BCUT2D eigenvalue weighted by molar-refractivity contribution is 5.75. The zero-order chi connectivity index (χ0) is 13.9. The molecule has 0 aliphatic carbocycles. The number of rotatable bonds is 4. The Morgan fingerprint density at radius 2 is 1.94 bits per heavy atom. The minimum atomic E-state index is -0.631.